The Hall–Kier alpha value is -5.82. The predicted octanol–water partition coefficient (Wildman–Crippen LogP) is 12.3. The molecule has 334 valence electrons. The first-order valence-electron chi connectivity index (χ1n) is 22.7. The molecule has 0 spiro atoms. The fourth-order valence-corrected chi connectivity index (χ4v) is 15.8. The molecule has 0 amide bonds. The van der Waals surface area contributed by atoms with Crippen LogP contribution < -0.4 is 31.8 Å². The maximum Gasteiger partial charge on any atom is 1.00 e. The molecule has 68 heavy (non-hydrogen) atoms. The van der Waals surface area contributed by atoms with Crippen molar-refractivity contribution < 1.29 is 44.8 Å². The van der Waals surface area contributed by atoms with E-state index in [9.17, 15) is 0 Å². The van der Waals surface area contributed by atoms with Gasteiger partial charge in [0.2, 0.25) is 0 Å². The summed E-state index contributed by atoms with van der Waals surface area (Å²) in [4.78, 5) is 0. The monoisotopic (exact) mass is 1270 g/mol. The predicted molar refractivity (Wildman–Crippen MR) is 287 cm³/mol. The van der Waals surface area contributed by atoms with Crippen LogP contribution in [0.3, 0.4) is 0 Å². The van der Waals surface area contributed by atoms with Crippen molar-refractivity contribution in [3.05, 3.63) is 282 Å². The maximum absolute atomic E-state index is 7.17. The average Bonchev–Trinajstić information content (AvgIpc) is 3.96. The number of allylic oxidation sites excluding steroid dienone is 4. The molecule has 0 saturated heterocycles. The Labute approximate surface area is 436 Å². The number of fused-ring (bicyclic) bond motifs is 6. The Bertz CT molecular complexity index is 3130. The van der Waals surface area contributed by atoms with E-state index in [0.29, 0.717) is 0 Å². The van der Waals surface area contributed by atoms with Gasteiger partial charge < -0.3 is 12.8 Å². The number of rotatable bonds is 6. The summed E-state index contributed by atoms with van der Waals surface area (Å²) in [6.07, 6.45) is 20.6. The number of hydrogen-bond acceptors (Lipinski definition) is 0. The zero-order valence-electron chi connectivity index (χ0n) is 37.4. The van der Waals surface area contributed by atoms with Crippen LogP contribution in [-0.4, -0.2) is 0 Å². The quantitative estimate of drug-likeness (QED) is 0.0674. The van der Waals surface area contributed by atoms with Gasteiger partial charge in [-0.25, -0.2) is 0 Å². The fraction of sp³-hybridized carbons (Fsp3) is 0.0625. The van der Waals surface area contributed by atoms with E-state index < -0.39 is 15.8 Å². The van der Waals surface area contributed by atoms with Crippen LogP contribution in [0, 0.1) is 24.7 Å². The SMILES string of the molecule is [Au+].[Au+].[C-]#CC1=CC2=C(CC1)c1ccccc1C2.[C-]#Cc1ccc2c(c1)-c1ccccc1C2.c1ccc([PH+](c2ccccc2)c2cc3ccccc3cc2[PH+](c2ccccc2)c2ccccc2)cc1. The van der Waals surface area contributed by atoms with Crippen LogP contribution >= 0.6 is 15.8 Å². The first-order valence-corrected chi connectivity index (χ1v) is 25.7. The van der Waals surface area contributed by atoms with Gasteiger partial charge in [0.05, 0.1) is 0 Å². The maximum atomic E-state index is 7.17. The second-order valence-corrected chi connectivity index (χ2v) is 21.8. The number of hydrogen-bond donors (Lipinski definition) is 0. The van der Waals surface area contributed by atoms with E-state index in [1.807, 2.05) is 12.1 Å². The van der Waals surface area contributed by atoms with Gasteiger partial charge >= 0.3 is 44.8 Å². The number of benzene rings is 9. The normalized spacial score (nSPS) is 12.5. The summed E-state index contributed by atoms with van der Waals surface area (Å²) in [6, 6.07) is 81.5. The minimum atomic E-state index is -1.23. The van der Waals surface area contributed by atoms with Gasteiger partial charge in [0.1, 0.15) is 47.7 Å². The molecule has 3 aliphatic rings. The molecule has 9 aromatic carbocycles. The van der Waals surface area contributed by atoms with Crippen molar-refractivity contribution in [2.75, 3.05) is 0 Å². The smallest absolute Gasteiger partial charge is 0.366 e. The molecule has 0 fully saturated rings. The Morgan fingerprint density at radius 2 is 0.794 bits per heavy atom. The van der Waals surface area contributed by atoms with Gasteiger partial charge in [-0.3, -0.25) is 11.8 Å². The van der Waals surface area contributed by atoms with Crippen molar-refractivity contribution in [2.24, 2.45) is 0 Å². The van der Waals surface area contributed by atoms with Crippen LogP contribution in [0.2, 0.25) is 0 Å². The van der Waals surface area contributed by atoms with Gasteiger partial charge in [0.25, 0.3) is 0 Å². The third kappa shape index (κ3) is 10.6. The molecule has 0 heterocycles. The third-order valence-corrected chi connectivity index (χ3v) is 18.7. The molecule has 12 rings (SSSR count). The average molecular weight is 1270 g/mol. The summed E-state index contributed by atoms with van der Waals surface area (Å²) >= 11 is 0. The van der Waals surface area contributed by atoms with E-state index >= 15 is 0 Å². The van der Waals surface area contributed by atoms with Crippen molar-refractivity contribution in [3.8, 4) is 23.0 Å². The van der Waals surface area contributed by atoms with Gasteiger partial charge in [-0.15, -0.1) is 29.3 Å². The molecule has 0 bridgehead atoms. The molecule has 0 aliphatic heterocycles. The minimum Gasteiger partial charge on any atom is -0.366 e. The van der Waals surface area contributed by atoms with Crippen LogP contribution in [0.5, 0.6) is 0 Å². The van der Waals surface area contributed by atoms with Crippen molar-refractivity contribution in [2.45, 2.75) is 25.7 Å². The summed E-state index contributed by atoms with van der Waals surface area (Å²) in [6.45, 7) is 0. The molecule has 0 N–H and O–H groups in total. The van der Waals surface area contributed by atoms with E-state index in [1.54, 1.807) is 0 Å². The molecular weight excluding hydrogens is 1220 g/mol. The second-order valence-electron chi connectivity index (χ2n) is 16.9. The van der Waals surface area contributed by atoms with Crippen molar-refractivity contribution in [1.82, 2.24) is 0 Å². The summed E-state index contributed by atoms with van der Waals surface area (Å²) in [5.41, 5.74) is 13.0. The fourth-order valence-electron chi connectivity index (χ4n) is 9.76. The molecule has 0 atom stereocenters. The second kappa shape index (κ2) is 23.0. The molecule has 9 aromatic rings. The molecule has 0 radical (unpaired) electrons. The Kier molecular flexibility index (Phi) is 16.4. The van der Waals surface area contributed by atoms with Crippen molar-refractivity contribution in [3.63, 3.8) is 0 Å². The zero-order valence-corrected chi connectivity index (χ0v) is 43.7. The molecule has 0 aromatic heterocycles. The summed E-state index contributed by atoms with van der Waals surface area (Å²) in [7, 11) is -2.46. The molecule has 0 unspecified atom stereocenters. The van der Waals surface area contributed by atoms with Crippen LogP contribution in [0.1, 0.15) is 40.7 Å². The van der Waals surface area contributed by atoms with Crippen molar-refractivity contribution in [1.29, 1.82) is 0 Å². The van der Waals surface area contributed by atoms with Gasteiger partial charge in [-0.2, -0.15) is 0 Å². The molecular formula is C64H48Au2P2+2. The van der Waals surface area contributed by atoms with E-state index in [0.717, 1.165) is 36.8 Å². The van der Waals surface area contributed by atoms with E-state index in [1.165, 1.54) is 87.1 Å². The van der Waals surface area contributed by atoms with Gasteiger partial charge in [-0.1, -0.05) is 164 Å². The Balaban J connectivity index is 0.000000160. The largest absolute Gasteiger partial charge is 1.00 e. The first-order chi connectivity index (χ1) is 32.6. The van der Waals surface area contributed by atoms with Crippen LogP contribution in [0.4, 0.5) is 0 Å². The summed E-state index contributed by atoms with van der Waals surface area (Å²) in [5.74, 6) is 4.96. The Morgan fingerprint density at radius 3 is 1.28 bits per heavy atom. The van der Waals surface area contributed by atoms with Crippen LogP contribution in [0.15, 0.2) is 242 Å². The molecule has 0 saturated carbocycles. The van der Waals surface area contributed by atoms with Gasteiger partial charge in [0.15, 0.2) is 0 Å². The molecule has 3 aliphatic carbocycles. The van der Waals surface area contributed by atoms with E-state index in [4.69, 9.17) is 12.8 Å². The van der Waals surface area contributed by atoms with Crippen LogP contribution in [0.25, 0.3) is 27.5 Å². The molecule has 0 nitrogen and oxygen atoms in total. The summed E-state index contributed by atoms with van der Waals surface area (Å²) < 4.78 is 0. The zero-order chi connectivity index (χ0) is 44.7. The van der Waals surface area contributed by atoms with Crippen molar-refractivity contribution >= 4 is 64.0 Å². The first kappa shape index (κ1) is 48.6. The topological polar surface area (TPSA) is 0 Å². The molecule has 4 heteroatoms. The standard InChI is InChI=1S/C34H26P2.C15H11.C15H9.2Au/c1-5-17-29(18-6-1)35(30-19-7-2-8-20-30)33-25-27-15-13-14-16-28(27)26-34(33)36(31-21-9-3-10-22-31)32-23-11-4-12-24-32;1-2-11-7-8-15-13(9-11)10-12-5-3-4-6-14(12)15;1-2-11-7-8-13-10-12-5-3-4-6-14(12)15(13)9-11;;/h1-26H;3-6,9H,7-8,10H2;3-9H,10H2;;/q;2*-1;2*+1/p+2. The van der Waals surface area contributed by atoms with Gasteiger partial charge in [0, 0.05) is 0 Å². The van der Waals surface area contributed by atoms with E-state index in [-0.39, 0.29) is 44.8 Å². The minimum absolute atomic E-state index is 0. The Morgan fingerprint density at radius 1 is 0.368 bits per heavy atom. The van der Waals surface area contributed by atoms with E-state index in [2.05, 4.69) is 230 Å². The van der Waals surface area contributed by atoms with Crippen LogP contribution in [-0.2, 0) is 57.6 Å². The third-order valence-electron chi connectivity index (χ3n) is 12.9. The van der Waals surface area contributed by atoms with Gasteiger partial charge in [-0.05, 0) is 130 Å². The summed E-state index contributed by atoms with van der Waals surface area (Å²) in [5, 5.41) is 11.3.